The van der Waals surface area contributed by atoms with Gasteiger partial charge in [0.05, 0.1) is 26.5 Å². The molecule has 0 fully saturated rings. The minimum Gasteiger partial charge on any atom is -0.493 e. The molecule has 0 saturated heterocycles. The number of carbonyl (C=O) groups is 1. The summed E-state index contributed by atoms with van der Waals surface area (Å²) in [4.78, 5) is 20.0. The Hall–Kier alpha value is -3.80. The zero-order valence-electron chi connectivity index (χ0n) is 18.7. The fraction of sp³-hybridized carbons (Fsp3) is 0.231. The van der Waals surface area contributed by atoms with Gasteiger partial charge in [0.2, 0.25) is 0 Å². The van der Waals surface area contributed by atoms with Gasteiger partial charge in [-0.2, -0.15) is 0 Å². The predicted molar refractivity (Wildman–Crippen MR) is 124 cm³/mol. The minimum absolute atomic E-state index is 0.162. The number of hydrogen-bond acceptors (Lipinski definition) is 5. The van der Waals surface area contributed by atoms with Crippen LogP contribution in [0.3, 0.4) is 0 Å². The Bertz CT molecular complexity index is 1160. The number of fused-ring (bicyclic) bond motifs is 1. The zero-order chi connectivity index (χ0) is 22.7. The highest BCUT2D eigenvalue weighted by Gasteiger charge is 2.24. The van der Waals surface area contributed by atoms with Crippen LogP contribution >= 0.6 is 0 Å². The van der Waals surface area contributed by atoms with E-state index in [4.69, 9.17) is 19.2 Å². The zero-order valence-corrected chi connectivity index (χ0v) is 18.7. The molecule has 1 aromatic heterocycles. The number of pyridine rings is 1. The number of ether oxygens (including phenoxy) is 3. The number of carbonyl (C=O) groups excluding carboxylic acids is 1. The summed E-state index contributed by atoms with van der Waals surface area (Å²) in [7, 11) is 3.12. The maximum Gasteiger partial charge on any atom is 0.258 e. The van der Waals surface area contributed by atoms with E-state index in [0.29, 0.717) is 23.6 Å². The van der Waals surface area contributed by atoms with Crippen molar-refractivity contribution in [2.45, 2.75) is 26.0 Å². The molecule has 3 aromatic rings. The lowest BCUT2D eigenvalue weighted by Gasteiger charge is -2.28. The lowest BCUT2D eigenvalue weighted by atomic mass is 10.1. The van der Waals surface area contributed by atoms with Crippen LogP contribution in [0.2, 0.25) is 0 Å². The lowest BCUT2D eigenvalue weighted by Crippen LogP contribution is -2.31. The fourth-order valence-corrected chi connectivity index (χ4v) is 3.57. The summed E-state index contributed by atoms with van der Waals surface area (Å²) >= 11 is 0. The van der Waals surface area contributed by atoms with Gasteiger partial charge in [-0.25, -0.2) is 4.98 Å². The van der Waals surface area contributed by atoms with E-state index in [-0.39, 0.29) is 11.5 Å². The molecule has 2 heterocycles. The van der Waals surface area contributed by atoms with E-state index in [0.717, 1.165) is 22.8 Å². The number of aromatic nitrogens is 1. The van der Waals surface area contributed by atoms with Crippen LogP contribution in [0.5, 0.6) is 17.2 Å². The summed E-state index contributed by atoms with van der Waals surface area (Å²) < 4.78 is 16.7. The first-order chi connectivity index (χ1) is 15.4. The number of para-hydroxylation sites is 1. The van der Waals surface area contributed by atoms with E-state index in [1.165, 1.54) is 0 Å². The summed E-state index contributed by atoms with van der Waals surface area (Å²) in [5.41, 5.74) is 2.42. The highest BCUT2D eigenvalue weighted by atomic mass is 16.5. The Labute approximate surface area is 188 Å². The molecule has 0 bridgehead atoms. The van der Waals surface area contributed by atoms with Crippen LogP contribution < -0.4 is 19.1 Å². The summed E-state index contributed by atoms with van der Waals surface area (Å²) in [6, 6.07) is 18.5. The van der Waals surface area contributed by atoms with E-state index >= 15 is 0 Å². The number of methoxy groups -OCH3 is 2. The standard InChI is InChI=1S/C26H26N2O4/c1-26(2)15-14-21-22(32-26)13-11-19(27-21)17-28(20-8-6-5-7-9-20)25(29)18-10-12-23(30-3)24(16-18)31-4/h5-16H,17H2,1-4H3. The third kappa shape index (κ3) is 4.44. The van der Waals surface area contributed by atoms with Crippen LogP contribution in [0.15, 0.2) is 66.7 Å². The molecule has 1 aliphatic rings. The number of hydrogen-bond donors (Lipinski definition) is 0. The predicted octanol–water partition coefficient (Wildman–Crippen LogP) is 5.13. The fourth-order valence-electron chi connectivity index (χ4n) is 3.57. The molecule has 4 rings (SSSR count). The lowest BCUT2D eigenvalue weighted by molar-refractivity contribution is 0.0984. The molecule has 2 aromatic carbocycles. The second-order valence-corrected chi connectivity index (χ2v) is 8.02. The molecule has 0 radical (unpaired) electrons. The van der Waals surface area contributed by atoms with Gasteiger partial charge in [0.1, 0.15) is 17.0 Å². The molecule has 6 nitrogen and oxygen atoms in total. The summed E-state index contributed by atoms with van der Waals surface area (Å²) in [5, 5.41) is 0. The van der Waals surface area contributed by atoms with Crippen LogP contribution in [-0.4, -0.2) is 30.7 Å². The molecule has 164 valence electrons. The van der Waals surface area contributed by atoms with Crippen molar-refractivity contribution in [3.63, 3.8) is 0 Å². The second-order valence-electron chi connectivity index (χ2n) is 8.02. The Balaban J connectivity index is 1.68. The van der Waals surface area contributed by atoms with E-state index < -0.39 is 0 Å². The van der Waals surface area contributed by atoms with Crippen molar-refractivity contribution in [3.8, 4) is 17.2 Å². The highest BCUT2D eigenvalue weighted by Crippen LogP contribution is 2.31. The second kappa shape index (κ2) is 8.75. The molecule has 0 N–H and O–H groups in total. The smallest absolute Gasteiger partial charge is 0.258 e. The number of anilines is 1. The van der Waals surface area contributed by atoms with Crippen molar-refractivity contribution in [2.24, 2.45) is 0 Å². The highest BCUT2D eigenvalue weighted by molar-refractivity contribution is 6.06. The van der Waals surface area contributed by atoms with Crippen LogP contribution in [0.4, 0.5) is 5.69 Å². The van der Waals surface area contributed by atoms with Crippen LogP contribution in [0.1, 0.15) is 35.6 Å². The van der Waals surface area contributed by atoms with Crippen molar-refractivity contribution in [3.05, 3.63) is 83.7 Å². The van der Waals surface area contributed by atoms with Crippen molar-refractivity contribution in [2.75, 3.05) is 19.1 Å². The summed E-state index contributed by atoms with van der Waals surface area (Å²) in [6.07, 6.45) is 3.95. The average Bonchev–Trinajstić information content (AvgIpc) is 2.81. The van der Waals surface area contributed by atoms with Gasteiger partial charge >= 0.3 is 0 Å². The van der Waals surface area contributed by atoms with Gasteiger partial charge in [-0.05, 0) is 68.5 Å². The SMILES string of the molecule is COc1ccc(C(=O)N(Cc2ccc3c(n2)C=CC(C)(C)O3)c2ccccc2)cc1OC. The summed E-state index contributed by atoms with van der Waals surface area (Å²) in [5.74, 6) is 1.65. The number of amides is 1. The van der Waals surface area contributed by atoms with Gasteiger partial charge in [0.25, 0.3) is 5.91 Å². The van der Waals surface area contributed by atoms with Crippen molar-refractivity contribution in [1.82, 2.24) is 4.98 Å². The molecule has 0 atom stereocenters. The Kier molecular flexibility index (Phi) is 5.86. The Morgan fingerprint density at radius 2 is 1.75 bits per heavy atom. The number of nitrogens with zero attached hydrogens (tertiary/aromatic N) is 2. The molecule has 6 heteroatoms. The van der Waals surface area contributed by atoms with Gasteiger partial charge in [-0.1, -0.05) is 18.2 Å². The van der Waals surface area contributed by atoms with Gasteiger partial charge in [-0.3, -0.25) is 4.79 Å². The molecule has 0 saturated carbocycles. The molecule has 1 aliphatic heterocycles. The van der Waals surface area contributed by atoms with E-state index in [2.05, 4.69) is 0 Å². The molecular weight excluding hydrogens is 404 g/mol. The van der Waals surface area contributed by atoms with Gasteiger partial charge in [-0.15, -0.1) is 0 Å². The van der Waals surface area contributed by atoms with Gasteiger partial charge < -0.3 is 19.1 Å². The van der Waals surface area contributed by atoms with Crippen molar-refractivity contribution >= 4 is 17.7 Å². The Morgan fingerprint density at radius 3 is 2.47 bits per heavy atom. The monoisotopic (exact) mass is 430 g/mol. The first-order valence-corrected chi connectivity index (χ1v) is 10.4. The van der Waals surface area contributed by atoms with Crippen molar-refractivity contribution in [1.29, 1.82) is 0 Å². The average molecular weight is 431 g/mol. The molecule has 0 spiro atoms. The third-order valence-electron chi connectivity index (χ3n) is 5.22. The molecular formula is C26H26N2O4. The largest absolute Gasteiger partial charge is 0.493 e. The molecule has 0 unspecified atom stereocenters. The maximum absolute atomic E-state index is 13.6. The van der Waals surface area contributed by atoms with Gasteiger partial charge in [0, 0.05) is 11.3 Å². The summed E-state index contributed by atoms with van der Waals surface area (Å²) in [6.45, 7) is 4.31. The van der Waals surface area contributed by atoms with Crippen LogP contribution in [0.25, 0.3) is 6.08 Å². The van der Waals surface area contributed by atoms with E-state index in [9.17, 15) is 4.79 Å². The maximum atomic E-state index is 13.6. The molecule has 1 amide bonds. The number of rotatable bonds is 6. The van der Waals surface area contributed by atoms with Crippen LogP contribution in [0, 0.1) is 0 Å². The molecule has 32 heavy (non-hydrogen) atoms. The Morgan fingerprint density at radius 1 is 1.00 bits per heavy atom. The molecule has 0 aliphatic carbocycles. The van der Waals surface area contributed by atoms with Crippen LogP contribution in [-0.2, 0) is 6.54 Å². The van der Waals surface area contributed by atoms with Gasteiger partial charge in [0.15, 0.2) is 11.5 Å². The van der Waals surface area contributed by atoms with E-state index in [1.54, 1.807) is 37.3 Å². The van der Waals surface area contributed by atoms with Crippen molar-refractivity contribution < 1.29 is 19.0 Å². The number of benzene rings is 2. The third-order valence-corrected chi connectivity index (χ3v) is 5.22. The topological polar surface area (TPSA) is 60.9 Å². The first kappa shape index (κ1) is 21.4. The minimum atomic E-state index is -0.365. The quantitative estimate of drug-likeness (QED) is 0.543. The normalized spacial score (nSPS) is 13.6. The van der Waals surface area contributed by atoms with E-state index in [1.807, 2.05) is 68.5 Å². The first-order valence-electron chi connectivity index (χ1n) is 10.4.